The van der Waals surface area contributed by atoms with Gasteiger partial charge >= 0.3 is 5.97 Å². The summed E-state index contributed by atoms with van der Waals surface area (Å²) in [6.07, 6.45) is 1.94. The molecule has 4 nitrogen and oxygen atoms in total. The monoisotopic (exact) mass is 461 g/mol. The van der Waals surface area contributed by atoms with Crippen molar-refractivity contribution in [3.05, 3.63) is 88.4 Å². The number of nitrogens with zero attached hydrogens (tertiary/aromatic N) is 1. The summed E-state index contributed by atoms with van der Waals surface area (Å²) in [5.74, 6) is -0.0418. The van der Waals surface area contributed by atoms with Crippen LogP contribution in [0.15, 0.2) is 72.2 Å². The molecule has 0 aliphatic heterocycles. The Morgan fingerprint density at radius 2 is 1.91 bits per heavy atom. The van der Waals surface area contributed by atoms with Crippen molar-refractivity contribution in [1.82, 2.24) is 4.57 Å². The molecule has 160 valence electrons. The number of thiophene rings is 1. The highest BCUT2D eigenvalue weighted by Gasteiger charge is 2.15. The van der Waals surface area contributed by atoms with Crippen molar-refractivity contribution in [1.29, 1.82) is 0 Å². The van der Waals surface area contributed by atoms with Crippen molar-refractivity contribution in [3.8, 4) is 16.9 Å². The number of carboxylic acids is 1. The normalized spacial score (nSPS) is 11.3. The van der Waals surface area contributed by atoms with Gasteiger partial charge in [0.1, 0.15) is 5.75 Å². The van der Waals surface area contributed by atoms with Gasteiger partial charge in [0, 0.05) is 38.9 Å². The van der Waals surface area contributed by atoms with Crippen molar-refractivity contribution in [2.45, 2.75) is 13.0 Å². The zero-order valence-electron chi connectivity index (χ0n) is 17.3. The van der Waals surface area contributed by atoms with E-state index in [4.69, 9.17) is 16.3 Å². The van der Waals surface area contributed by atoms with E-state index in [0.29, 0.717) is 11.6 Å². The first kappa shape index (κ1) is 20.6. The number of benzene rings is 3. The lowest BCUT2D eigenvalue weighted by Gasteiger charge is -2.10. The zero-order valence-corrected chi connectivity index (χ0v) is 18.9. The predicted molar refractivity (Wildman–Crippen MR) is 131 cm³/mol. The molecule has 0 amide bonds. The molecule has 0 unspecified atom stereocenters. The summed E-state index contributed by atoms with van der Waals surface area (Å²) in [6.45, 7) is 0.631. The fourth-order valence-electron chi connectivity index (χ4n) is 4.21. The molecule has 2 aromatic heterocycles. The van der Waals surface area contributed by atoms with E-state index in [1.807, 2.05) is 60.8 Å². The number of halogens is 1. The summed E-state index contributed by atoms with van der Waals surface area (Å²) in [5.41, 5.74) is 4.98. The number of para-hydroxylation sites is 1. The fraction of sp³-hybridized carbons (Fsp3) is 0.115. The number of methoxy groups -OCH3 is 1. The van der Waals surface area contributed by atoms with E-state index in [-0.39, 0.29) is 6.42 Å². The minimum atomic E-state index is -0.842. The topological polar surface area (TPSA) is 51.5 Å². The summed E-state index contributed by atoms with van der Waals surface area (Å²) in [7, 11) is 1.66. The lowest BCUT2D eigenvalue weighted by atomic mass is 10.0. The summed E-state index contributed by atoms with van der Waals surface area (Å²) >= 11 is 7.93. The number of carbonyl (C=O) groups is 1. The third-order valence-corrected chi connectivity index (χ3v) is 6.93. The molecule has 0 bridgehead atoms. The van der Waals surface area contributed by atoms with Crippen LogP contribution in [0.4, 0.5) is 0 Å². The second-order valence-electron chi connectivity index (χ2n) is 7.69. The Morgan fingerprint density at radius 1 is 1.06 bits per heavy atom. The average molecular weight is 462 g/mol. The molecule has 0 aliphatic carbocycles. The third kappa shape index (κ3) is 3.74. The van der Waals surface area contributed by atoms with E-state index in [1.54, 1.807) is 18.4 Å². The molecule has 6 heteroatoms. The van der Waals surface area contributed by atoms with Crippen LogP contribution in [0.2, 0.25) is 5.02 Å². The molecular formula is C26H20ClNO3S. The SMILES string of the molecule is COc1ccccc1-c1ccc2c(CC(=O)O)cn(Cc3csc4ccc(Cl)cc34)c2c1. The van der Waals surface area contributed by atoms with Crippen molar-refractivity contribution >= 4 is 49.9 Å². The number of aliphatic carboxylic acids is 1. The summed E-state index contributed by atoms with van der Waals surface area (Å²) in [5, 5.41) is 14.4. The highest BCUT2D eigenvalue weighted by Crippen LogP contribution is 2.35. The van der Waals surface area contributed by atoms with E-state index in [2.05, 4.69) is 16.0 Å². The summed E-state index contributed by atoms with van der Waals surface area (Å²) in [4.78, 5) is 11.5. The molecule has 2 heterocycles. The summed E-state index contributed by atoms with van der Waals surface area (Å²) in [6, 6.07) is 20.0. The van der Waals surface area contributed by atoms with E-state index < -0.39 is 5.97 Å². The third-order valence-electron chi connectivity index (χ3n) is 5.68. The maximum Gasteiger partial charge on any atom is 0.307 e. The van der Waals surface area contributed by atoms with Gasteiger partial charge in [0.25, 0.3) is 0 Å². The van der Waals surface area contributed by atoms with Crippen LogP contribution in [0.25, 0.3) is 32.1 Å². The number of rotatable bonds is 6. The van der Waals surface area contributed by atoms with Crippen LogP contribution < -0.4 is 4.74 Å². The van der Waals surface area contributed by atoms with Crippen LogP contribution in [-0.2, 0) is 17.8 Å². The molecule has 0 radical (unpaired) electrons. The first-order valence-electron chi connectivity index (χ1n) is 10.2. The number of carboxylic acid groups (broad SMARTS) is 1. The van der Waals surface area contributed by atoms with Gasteiger partial charge in [-0.2, -0.15) is 0 Å². The minimum absolute atomic E-state index is 0.0201. The van der Waals surface area contributed by atoms with Crippen LogP contribution in [-0.4, -0.2) is 22.8 Å². The van der Waals surface area contributed by atoms with Gasteiger partial charge in [-0.3, -0.25) is 4.79 Å². The summed E-state index contributed by atoms with van der Waals surface area (Å²) < 4.78 is 8.86. The number of fused-ring (bicyclic) bond motifs is 2. The average Bonchev–Trinajstić information content (AvgIpc) is 3.34. The van der Waals surface area contributed by atoms with Crippen LogP contribution in [0.1, 0.15) is 11.1 Å². The molecule has 3 aromatic carbocycles. The molecule has 0 fully saturated rings. The second-order valence-corrected chi connectivity index (χ2v) is 9.03. The van der Waals surface area contributed by atoms with Crippen LogP contribution in [0, 0.1) is 0 Å². The molecule has 0 saturated heterocycles. The zero-order chi connectivity index (χ0) is 22.2. The van der Waals surface area contributed by atoms with Gasteiger partial charge in [0.15, 0.2) is 0 Å². The molecule has 1 N–H and O–H groups in total. The Hall–Kier alpha value is -3.28. The van der Waals surface area contributed by atoms with E-state index in [9.17, 15) is 9.90 Å². The van der Waals surface area contributed by atoms with Gasteiger partial charge in [0.2, 0.25) is 0 Å². The van der Waals surface area contributed by atoms with Crippen LogP contribution >= 0.6 is 22.9 Å². The number of hydrogen-bond donors (Lipinski definition) is 1. The molecule has 32 heavy (non-hydrogen) atoms. The minimum Gasteiger partial charge on any atom is -0.496 e. The van der Waals surface area contributed by atoms with Crippen LogP contribution in [0.5, 0.6) is 5.75 Å². The van der Waals surface area contributed by atoms with E-state index in [0.717, 1.165) is 44.3 Å². The highest BCUT2D eigenvalue weighted by atomic mass is 35.5. The Kier molecular flexibility index (Phi) is 5.37. The molecule has 0 aliphatic rings. The van der Waals surface area contributed by atoms with Gasteiger partial charge in [-0.05, 0) is 57.8 Å². The molecule has 0 atom stereocenters. The molecule has 5 rings (SSSR count). The van der Waals surface area contributed by atoms with Gasteiger partial charge in [-0.15, -0.1) is 11.3 Å². The smallest absolute Gasteiger partial charge is 0.307 e. The maximum absolute atomic E-state index is 11.5. The van der Waals surface area contributed by atoms with Crippen molar-refractivity contribution in [3.63, 3.8) is 0 Å². The van der Waals surface area contributed by atoms with Gasteiger partial charge in [-0.1, -0.05) is 41.9 Å². The van der Waals surface area contributed by atoms with E-state index >= 15 is 0 Å². The van der Waals surface area contributed by atoms with E-state index in [1.165, 1.54) is 4.70 Å². The first-order chi connectivity index (χ1) is 15.5. The Labute approximate surface area is 194 Å². The van der Waals surface area contributed by atoms with Crippen LogP contribution in [0.3, 0.4) is 0 Å². The number of aromatic nitrogens is 1. The molecule has 0 spiro atoms. The Bertz CT molecular complexity index is 1470. The lowest BCUT2D eigenvalue weighted by molar-refractivity contribution is -0.136. The van der Waals surface area contributed by atoms with Crippen molar-refractivity contribution in [2.24, 2.45) is 0 Å². The molecule has 5 aromatic rings. The lowest BCUT2D eigenvalue weighted by Crippen LogP contribution is -2.00. The number of ether oxygens (including phenoxy) is 1. The standard InChI is InChI=1S/C26H20ClNO3S/c1-31-24-5-3-2-4-21(24)16-6-8-20-17(11-26(29)30)13-28(23(20)10-16)14-18-15-32-25-9-7-19(27)12-22(18)25/h2-10,12-13,15H,11,14H2,1H3,(H,29,30). The second kappa shape index (κ2) is 8.34. The van der Waals surface area contributed by atoms with Gasteiger partial charge < -0.3 is 14.4 Å². The highest BCUT2D eigenvalue weighted by molar-refractivity contribution is 7.17. The maximum atomic E-state index is 11.5. The molecule has 0 saturated carbocycles. The van der Waals surface area contributed by atoms with Gasteiger partial charge in [0.05, 0.1) is 13.5 Å². The van der Waals surface area contributed by atoms with Crippen molar-refractivity contribution in [2.75, 3.05) is 7.11 Å². The largest absolute Gasteiger partial charge is 0.496 e. The fourth-order valence-corrected chi connectivity index (χ4v) is 5.32. The molecular weight excluding hydrogens is 442 g/mol. The number of hydrogen-bond acceptors (Lipinski definition) is 3. The first-order valence-corrected chi connectivity index (χ1v) is 11.4. The van der Waals surface area contributed by atoms with Crippen molar-refractivity contribution < 1.29 is 14.6 Å². The van der Waals surface area contributed by atoms with Gasteiger partial charge in [-0.25, -0.2) is 0 Å². The Balaban J connectivity index is 1.66. The quantitative estimate of drug-likeness (QED) is 0.300. The predicted octanol–water partition coefficient (Wildman–Crippen LogP) is 6.86. The Morgan fingerprint density at radius 3 is 2.72 bits per heavy atom.